The molecular weight excluding hydrogens is 216 g/mol. The van der Waals surface area contributed by atoms with Crippen molar-refractivity contribution in [3.63, 3.8) is 0 Å². The number of oxazole rings is 1. The molecule has 0 radical (unpaired) electrons. The molecule has 17 heavy (non-hydrogen) atoms. The highest BCUT2D eigenvalue weighted by Crippen LogP contribution is 2.29. The van der Waals surface area contributed by atoms with Crippen molar-refractivity contribution in [1.29, 1.82) is 0 Å². The van der Waals surface area contributed by atoms with Crippen LogP contribution in [0.15, 0.2) is 10.6 Å². The van der Waals surface area contributed by atoms with E-state index in [0.29, 0.717) is 0 Å². The van der Waals surface area contributed by atoms with E-state index in [1.54, 1.807) is 13.3 Å². The third-order valence-electron chi connectivity index (χ3n) is 3.24. The summed E-state index contributed by atoms with van der Waals surface area (Å²) >= 11 is 0. The molecule has 1 N–H and O–H groups in total. The van der Waals surface area contributed by atoms with E-state index >= 15 is 0 Å². The minimum Gasteiger partial charge on any atom is -0.441 e. The third-order valence-corrected chi connectivity index (χ3v) is 3.24. The number of nitrogens with zero attached hydrogens (tertiary/aromatic N) is 1. The summed E-state index contributed by atoms with van der Waals surface area (Å²) in [5.74, 6) is 1.52. The van der Waals surface area contributed by atoms with Crippen LogP contribution in [0.3, 0.4) is 0 Å². The van der Waals surface area contributed by atoms with Crippen molar-refractivity contribution >= 4 is 0 Å². The number of methoxy groups -OCH3 is 1. The average Bonchev–Trinajstić information content (AvgIpc) is 2.85. The van der Waals surface area contributed by atoms with Gasteiger partial charge < -0.3 is 14.5 Å². The summed E-state index contributed by atoms with van der Waals surface area (Å²) in [6, 6.07) is 0.140. The first-order valence-electron chi connectivity index (χ1n) is 6.32. The van der Waals surface area contributed by atoms with E-state index in [0.717, 1.165) is 31.0 Å². The molecule has 1 aromatic rings. The fourth-order valence-corrected chi connectivity index (χ4v) is 1.60. The number of nitrogens with one attached hydrogen (secondary N) is 1. The zero-order valence-corrected chi connectivity index (χ0v) is 11.5. The lowest BCUT2D eigenvalue weighted by Crippen LogP contribution is -2.22. The second kappa shape index (κ2) is 6.17. The van der Waals surface area contributed by atoms with Gasteiger partial charge in [0.1, 0.15) is 5.60 Å². The molecule has 0 aliphatic heterocycles. The SMILES string of the molecule is CCCNC(C)c1ncc(C(C)(CC)OC)o1. The number of aromatic nitrogens is 1. The largest absolute Gasteiger partial charge is 0.441 e. The summed E-state index contributed by atoms with van der Waals surface area (Å²) in [4.78, 5) is 4.32. The van der Waals surface area contributed by atoms with E-state index in [2.05, 4.69) is 31.1 Å². The second-order valence-electron chi connectivity index (χ2n) is 4.53. The Hall–Kier alpha value is -0.870. The van der Waals surface area contributed by atoms with Crippen molar-refractivity contribution in [3.05, 3.63) is 17.8 Å². The normalized spacial score (nSPS) is 16.8. The van der Waals surface area contributed by atoms with Gasteiger partial charge in [-0.25, -0.2) is 4.98 Å². The summed E-state index contributed by atoms with van der Waals surface area (Å²) in [5, 5.41) is 3.35. The monoisotopic (exact) mass is 240 g/mol. The van der Waals surface area contributed by atoms with Crippen molar-refractivity contribution in [1.82, 2.24) is 10.3 Å². The van der Waals surface area contributed by atoms with Crippen molar-refractivity contribution in [2.24, 2.45) is 0 Å². The topological polar surface area (TPSA) is 47.3 Å². The third kappa shape index (κ3) is 3.30. The maximum Gasteiger partial charge on any atom is 0.211 e. The first kappa shape index (κ1) is 14.2. The lowest BCUT2D eigenvalue weighted by atomic mass is 10.0. The van der Waals surface area contributed by atoms with Crippen LogP contribution in [0.4, 0.5) is 0 Å². The van der Waals surface area contributed by atoms with Gasteiger partial charge in [-0.3, -0.25) is 0 Å². The van der Waals surface area contributed by atoms with Crippen LogP contribution in [0.2, 0.25) is 0 Å². The highest BCUT2D eigenvalue weighted by atomic mass is 16.5. The maximum atomic E-state index is 5.79. The Kier molecular flexibility index (Phi) is 5.15. The van der Waals surface area contributed by atoms with Gasteiger partial charge in [-0.05, 0) is 33.2 Å². The lowest BCUT2D eigenvalue weighted by Gasteiger charge is -2.23. The molecule has 0 aliphatic rings. The molecule has 1 rings (SSSR count). The molecule has 0 saturated heterocycles. The molecule has 98 valence electrons. The van der Waals surface area contributed by atoms with Gasteiger partial charge in [0.05, 0.1) is 12.2 Å². The van der Waals surface area contributed by atoms with Crippen molar-refractivity contribution in [2.45, 2.75) is 52.2 Å². The summed E-state index contributed by atoms with van der Waals surface area (Å²) in [5.41, 5.74) is -0.379. The fraction of sp³-hybridized carbons (Fsp3) is 0.769. The van der Waals surface area contributed by atoms with E-state index in [1.807, 2.05) is 6.92 Å². The molecule has 0 bridgehead atoms. The first-order chi connectivity index (χ1) is 8.07. The molecule has 0 aliphatic carbocycles. The van der Waals surface area contributed by atoms with Crippen LogP contribution in [0.5, 0.6) is 0 Å². The van der Waals surface area contributed by atoms with Crippen LogP contribution >= 0.6 is 0 Å². The van der Waals surface area contributed by atoms with Gasteiger partial charge in [0.15, 0.2) is 5.76 Å². The van der Waals surface area contributed by atoms with Crippen LogP contribution in [-0.2, 0) is 10.3 Å². The smallest absolute Gasteiger partial charge is 0.211 e. The number of hydrogen-bond acceptors (Lipinski definition) is 4. The zero-order chi connectivity index (χ0) is 12.9. The van der Waals surface area contributed by atoms with Crippen LogP contribution < -0.4 is 5.32 Å². The quantitative estimate of drug-likeness (QED) is 0.796. The molecule has 2 unspecified atom stereocenters. The number of hydrogen-bond donors (Lipinski definition) is 1. The zero-order valence-electron chi connectivity index (χ0n) is 11.5. The Balaban J connectivity index is 2.77. The van der Waals surface area contributed by atoms with E-state index in [9.17, 15) is 0 Å². The van der Waals surface area contributed by atoms with Crippen LogP contribution in [0.25, 0.3) is 0 Å². The van der Waals surface area contributed by atoms with E-state index in [-0.39, 0.29) is 11.6 Å². The Bertz CT molecular complexity index is 332. The van der Waals surface area contributed by atoms with Crippen LogP contribution in [0, 0.1) is 0 Å². The minimum absolute atomic E-state index is 0.140. The highest BCUT2D eigenvalue weighted by molar-refractivity contribution is 5.06. The summed E-state index contributed by atoms with van der Waals surface area (Å²) < 4.78 is 11.3. The van der Waals surface area contributed by atoms with Gasteiger partial charge in [-0.2, -0.15) is 0 Å². The Morgan fingerprint density at radius 3 is 2.76 bits per heavy atom. The van der Waals surface area contributed by atoms with Crippen LogP contribution in [0.1, 0.15) is 58.2 Å². The van der Waals surface area contributed by atoms with Crippen molar-refractivity contribution < 1.29 is 9.15 Å². The van der Waals surface area contributed by atoms with E-state index in [1.165, 1.54) is 0 Å². The highest BCUT2D eigenvalue weighted by Gasteiger charge is 2.29. The molecule has 0 amide bonds. The van der Waals surface area contributed by atoms with Gasteiger partial charge in [0.2, 0.25) is 5.89 Å². The molecule has 4 heteroatoms. The van der Waals surface area contributed by atoms with Crippen molar-refractivity contribution in [2.75, 3.05) is 13.7 Å². The average molecular weight is 240 g/mol. The molecule has 0 saturated carbocycles. The van der Waals surface area contributed by atoms with E-state index < -0.39 is 0 Å². The number of rotatable bonds is 7. The summed E-state index contributed by atoms with van der Waals surface area (Å²) in [6.45, 7) is 9.25. The Morgan fingerprint density at radius 2 is 2.24 bits per heavy atom. The van der Waals surface area contributed by atoms with Gasteiger partial charge in [0, 0.05) is 7.11 Å². The first-order valence-corrected chi connectivity index (χ1v) is 6.32. The molecule has 1 heterocycles. The molecule has 2 atom stereocenters. The van der Waals surface area contributed by atoms with Gasteiger partial charge in [0.25, 0.3) is 0 Å². The maximum absolute atomic E-state index is 5.79. The molecule has 0 aromatic carbocycles. The molecule has 0 spiro atoms. The van der Waals surface area contributed by atoms with Crippen LogP contribution in [-0.4, -0.2) is 18.6 Å². The Morgan fingerprint density at radius 1 is 1.53 bits per heavy atom. The second-order valence-corrected chi connectivity index (χ2v) is 4.53. The molecule has 0 fully saturated rings. The molecular formula is C13H24N2O2. The minimum atomic E-state index is -0.379. The van der Waals surface area contributed by atoms with Gasteiger partial charge in [-0.1, -0.05) is 13.8 Å². The summed E-state index contributed by atoms with van der Waals surface area (Å²) in [7, 11) is 1.70. The van der Waals surface area contributed by atoms with Gasteiger partial charge in [-0.15, -0.1) is 0 Å². The van der Waals surface area contributed by atoms with Crippen molar-refractivity contribution in [3.8, 4) is 0 Å². The van der Waals surface area contributed by atoms with E-state index in [4.69, 9.17) is 9.15 Å². The van der Waals surface area contributed by atoms with Gasteiger partial charge >= 0.3 is 0 Å². The predicted octanol–water partition coefficient (Wildman–Crippen LogP) is 3.01. The number of ether oxygens (including phenoxy) is 1. The summed E-state index contributed by atoms with van der Waals surface area (Å²) in [6.07, 6.45) is 3.73. The lowest BCUT2D eigenvalue weighted by molar-refractivity contribution is -0.0200. The molecule has 1 aromatic heterocycles. The predicted molar refractivity (Wildman–Crippen MR) is 67.9 cm³/mol. The molecule has 4 nitrogen and oxygen atoms in total. The Labute approximate surface area is 104 Å². The fourth-order valence-electron chi connectivity index (χ4n) is 1.60. The standard InChI is InChI=1S/C13H24N2O2/c1-6-8-14-10(3)12-15-9-11(17-12)13(4,7-2)16-5/h9-10,14H,6-8H2,1-5H3.